The Labute approximate surface area is 165 Å². The van der Waals surface area contributed by atoms with Gasteiger partial charge in [0.1, 0.15) is 11.3 Å². The molecule has 0 radical (unpaired) electrons. The molecular weight excluding hydrogens is 374 g/mol. The number of thioether (sulfide) groups is 1. The minimum absolute atomic E-state index is 0.0139. The van der Waals surface area contributed by atoms with Crippen molar-refractivity contribution in [2.75, 3.05) is 6.26 Å². The van der Waals surface area contributed by atoms with Crippen molar-refractivity contribution >= 4 is 22.7 Å². The lowest BCUT2D eigenvalue weighted by molar-refractivity contribution is 0.425. The maximum Gasteiger partial charge on any atom is 0.268 e. The number of pyridine rings is 1. The minimum Gasteiger partial charge on any atom is -0.506 e. The molecule has 2 aromatic heterocycles. The Hall–Kier alpha value is -3.32. The molecule has 2 heterocycles. The third-order valence-electron chi connectivity index (χ3n) is 4.45. The van der Waals surface area contributed by atoms with Crippen LogP contribution in [0, 0.1) is 0 Å². The first kappa shape index (κ1) is 18.1. The third-order valence-corrected chi connectivity index (χ3v) is 5.19. The number of fused-ring (bicyclic) bond motifs is 1. The van der Waals surface area contributed by atoms with Crippen LogP contribution in [0.2, 0.25) is 0 Å². The molecule has 6 nitrogen and oxygen atoms in total. The van der Waals surface area contributed by atoms with Crippen LogP contribution in [0.5, 0.6) is 5.75 Å². The highest BCUT2D eigenvalue weighted by Gasteiger charge is 2.22. The van der Waals surface area contributed by atoms with Crippen LogP contribution in [-0.4, -0.2) is 26.1 Å². The van der Waals surface area contributed by atoms with Crippen LogP contribution < -0.4 is 5.56 Å². The molecule has 0 aliphatic carbocycles. The number of aromatic hydroxyl groups is 1. The van der Waals surface area contributed by atoms with Gasteiger partial charge in [0.25, 0.3) is 11.4 Å². The van der Waals surface area contributed by atoms with Gasteiger partial charge in [0, 0.05) is 22.4 Å². The minimum atomic E-state index is -0.413. The van der Waals surface area contributed by atoms with E-state index in [1.165, 1.54) is 4.57 Å². The van der Waals surface area contributed by atoms with Crippen molar-refractivity contribution in [2.24, 2.45) is 0 Å². The highest BCUT2D eigenvalue weighted by Crippen LogP contribution is 2.33. The summed E-state index contributed by atoms with van der Waals surface area (Å²) in [5.74, 6) is 0.161. The average Bonchev–Trinajstić information content (AvgIpc) is 3.21. The predicted molar refractivity (Wildman–Crippen MR) is 111 cm³/mol. The Morgan fingerprint density at radius 1 is 1.21 bits per heavy atom. The summed E-state index contributed by atoms with van der Waals surface area (Å²) in [6.45, 7) is 4.01. The smallest absolute Gasteiger partial charge is 0.268 e. The first-order chi connectivity index (χ1) is 13.6. The monoisotopic (exact) mass is 391 g/mol. The van der Waals surface area contributed by atoms with Crippen LogP contribution in [0.1, 0.15) is 0 Å². The maximum absolute atomic E-state index is 13.0. The van der Waals surface area contributed by atoms with Crippen molar-refractivity contribution in [3.05, 3.63) is 71.5 Å². The molecule has 0 amide bonds. The normalized spacial score (nSPS) is 11.0. The van der Waals surface area contributed by atoms with Crippen LogP contribution >= 0.6 is 11.8 Å². The SMILES string of the molecule is C=CCn1c(=O)c(-c2nc(-c3ccc(SC)cc3)no2)c(O)c2ccccc21. The first-order valence-electron chi connectivity index (χ1n) is 8.58. The van der Waals surface area contributed by atoms with Crippen molar-refractivity contribution in [1.29, 1.82) is 0 Å². The number of hydrogen-bond donors (Lipinski definition) is 1. The summed E-state index contributed by atoms with van der Waals surface area (Å²) in [6.07, 6.45) is 3.62. The van der Waals surface area contributed by atoms with Gasteiger partial charge in [-0.25, -0.2) is 0 Å². The van der Waals surface area contributed by atoms with Crippen molar-refractivity contribution in [3.8, 4) is 28.6 Å². The number of hydrogen-bond acceptors (Lipinski definition) is 6. The number of allylic oxidation sites excluding steroid dienone is 1. The molecule has 1 N–H and O–H groups in total. The third kappa shape index (κ3) is 2.99. The van der Waals surface area contributed by atoms with Gasteiger partial charge in [-0.3, -0.25) is 4.79 Å². The van der Waals surface area contributed by atoms with E-state index in [1.54, 1.807) is 36.0 Å². The fourth-order valence-electron chi connectivity index (χ4n) is 3.08. The van der Waals surface area contributed by atoms with Crippen molar-refractivity contribution in [2.45, 2.75) is 11.4 Å². The van der Waals surface area contributed by atoms with Crippen LogP contribution in [0.4, 0.5) is 0 Å². The Bertz CT molecular complexity index is 1230. The second-order valence-corrected chi connectivity index (χ2v) is 6.98. The standard InChI is InChI=1S/C21H17N3O3S/c1-3-12-24-16-7-5-4-6-15(16)18(25)17(21(24)26)20-22-19(23-27-20)13-8-10-14(28-2)11-9-13/h3-11,25H,1,12H2,2H3. The molecular formula is C21H17N3O3S. The molecule has 0 aliphatic heterocycles. The second kappa shape index (κ2) is 7.36. The van der Waals surface area contributed by atoms with Gasteiger partial charge in [0.2, 0.25) is 5.82 Å². The Morgan fingerprint density at radius 3 is 2.68 bits per heavy atom. The Morgan fingerprint density at radius 2 is 1.96 bits per heavy atom. The zero-order chi connectivity index (χ0) is 19.7. The molecule has 0 saturated heterocycles. The van der Waals surface area contributed by atoms with E-state index >= 15 is 0 Å². The molecule has 2 aromatic carbocycles. The lowest BCUT2D eigenvalue weighted by atomic mass is 10.1. The van der Waals surface area contributed by atoms with Gasteiger partial charge in [-0.15, -0.1) is 18.3 Å². The van der Waals surface area contributed by atoms with E-state index in [-0.39, 0.29) is 17.2 Å². The highest BCUT2D eigenvalue weighted by atomic mass is 32.2. The zero-order valence-electron chi connectivity index (χ0n) is 15.1. The number of aromatic nitrogens is 3. The zero-order valence-corrected chi connectivity index (χ0v) is 15.9. The first-order valence-corrected chi connectivity index (χ1v) is 9.80. The van der Waals surface area contributed by atoms with Gasteiger partial charge in [-0.1, -0.05) is 23.4 Å². The van der Waals surface area contributed by atoms with Gasteiger partial charge in [0.05, 0.1) is 5.52 Å². The molecule has 0 aliphatic rings. The van der Waals surface area contributed by atoms with Gasteiger partial charge in [-0.05, 0) is 42.7 Å². The summed E-state index contributed by atoms with van der Waals surface area (Å²) in [7, 11) is 0. The summed E-state index contributed by atoms with van der Waals surface area (Å²) in [6, 6.07) is 14.8. The molecule has 0 atom stereocenters. The summed E-state index contributed by atoms with van der Waals surface area (Å²) in [4.78, 5) is 18.5. The molecule has 0 saturated carbocycles. The predicted octanol–water partition coefficient (Wildman–Crippen LogP) is 4.33. The molecule has 4 rings (SSSR count). The van der Waals surface area contributed by atoms with E-state index in [0.29, 0.717) is 23.3 Å². The topological polar surface area (TPSA) is 81.2 Å². The van der Waals surface area contributed by atoms with E-state index in [1.807, 2.05) is 36.6 Å². The summed E-state index contributed by atoms with van der Waals surface area (Å²) < 4.78 is 6.86. The van der Waals surface area contributed by atoms with Crippen molar-refractivity contribution in [3.63, 3.8) is 0 Å². The van der Waals surface area contributed by atoms with E-state index in [4.69, 9.17) is 4.52 Å². The average molecular weight is 391 g/mol. The quantitative estimate of drug-likeness (QED) is 0.403. The molecule has 0 bridgehead atoms. The number of para-hydroxylation sites is 1. The van der Waals surface area contributed by atoms with E-state index in [0.717, 1.165) is 10.5 Å². The molecule has 0 unspecified atom stereocenters. The van der Waals surface area contributed by atoms with E-state index < -0.39 is 5.56 Å². The molecule has 0 fully saturated rings. The van der Waals surface area contributed by atoms with Gasteiger partial charge < -0.3 is 14.2 Å². The van der Waals surface area contributed by atoms with Crippen molar-refractivity contribution in [1.82, 2.24) is 14.7 Å². The molecule has 4 aromatic rings. The van der Waals surface area contributed by atoms with Crippen LogP contribution in [0.3, 0.4) is 0 Å². The summed E-state index contributed by atoms with van der Waals surface area (Å²) in [5.41, 5.74) is 0.949. The van der Waals surface area contributed by atoms with Gasteiger partial charge in [-0.2, -0.15) is 4.98 Å². The largest absolute Gasteiger partial charge is 0.506 e. The fraction of sp³-hybridized carbons (Fsp3) is 0.0952. The molecule has 140 valence electrons. The lowest BCUT2D eigenvalue weighted by Crippen LogP contribution is -2.22. The second-order valence-electron chi connectivity index (χ2n) is 6.10. The number of benzene rings is 2. The van der Waals surface area contributed by atoms with Gasteiger partial charge in [0.15, 0.2) is 0 Å². The summed E-state index contributed by atoms with van der Waals surface area (Å²) in [5, 5.41) is 15.3. The van der Waals surface area contributed by atoms with Crippen LogP contribution in [0.25, 0.3) is 33.7 Å². The summed E-state index contributed by atoms with van der Waals surface area (Å²) >= 11 is 1.64. The lowest BCUT2D eigenvalue weighted by Gasteiger charge is -2.11. The van der Waals surface area contributed by atoms with Gasteiger partial charge >= 0.3 is 0 Å². The van der Waals surface area contributed by atoms with E-state index in [2.05, 4.69) is 16.7 Å². The highest BCUT2D eigenvalue weighted by molar-refractivity contribution is 7.98. The molecule has 0 spiro atoms. The van der Waals surface area contributed by atoms with Crippen molar-refractivity contribution < 1.29 is 9.63 Å². The van der Waals surface area contributed by atoms with Crippen LogP contribution in [-0.2, 0) is 6.54 Å². The molecule has 7 heteroatoms. The fourth-order valence-corrected chi connectivity index (χ4v) is 3.48. The Kier molecular flexibility index (Phi) is 4.75. The molecule has 28 heavy (non-hydrogen) atoms. The van der Waals surface area contributed by atoms with E-state index in [9.17, 15) is 9.90 Å². The number of rotatable bonds is 5. The number of nitrogens with zero attached hydrogens (tertiary/aromatic N) is 3. The Balaban J connectivity index is 1.89. The van der Waals surface area contributed by atoms with Crippen LogP contribution in [0.15, 0.2) is 75.4 Å². The maximum atomic E-state index is 13.0.